The molecule has 1 aliphatic rings. The lowest BCUT2D eigenvalue weighted by Crippen LogP contribution is -2.31. The predicted octanol–water partition coefficient (Wildman–Crippen LogP) is 4.02. The number of aromatic nitrogens is 2. The summed E-state index contributed by atoms with van der Waals surface area (Å²) in [6, 6.07) is 8.29. The summed E-state index contributed by atoms with van der Waals surface area (Å²) in [6.07, 6.45) is 3.53. The topological polar surface area (TPSA) is 58.1 Å². The summed E-state index contributed by atoms with van der Waals surface area (Å²) in [5.41, 5.74) is 1.06. The first-order valence-electron chi connectivity index (χ1n) is 8.94. The van der Waals surface area contributed by atoms with Crippen LogP contribution in [-0.2, 0) is 6.54 Å². The molecule has 1 amide bonds. The number of carbonyl (C=O) groups excluding carboxylic acids is 1. The molecular weight excluding hydrogens is 370 g/mol. The highest BCUT2D eigenvalue weighted by molar-refractivity contribution is 7.99. The van der Waals surface area contributed by atoms with Crippen molar-refractivity contribution in [1.29, 1.82) is 0 Å². The van der Waals surface area contributed by atoms with E-state index in [1.165, 1.54) is 18.6 Å². The normalized spacial score (nSPS) is 14.4. The SMILES string of the molecule is Cc1cc(N2CCCCC2)nc(CNC(=O)c2ccccc2SC(F)F)n1. The number of amides is 1. The highest BCUT2D eigenvalue weighted by atomic mass is 32.2. The molecule has 2 aromatic rings. The van der Waals surface area contributed by atoms with Gasteiger partial charge in [0.05, 0.1) is 12.1 Å². The van der Waals surface area contributed by atoms with E-state index in [1.807, 2.05) is 13.0 Å². The third-order valence-corrected chi connectivity index (χ3v) is 5.11. The molecule has 0 atom stereocenters. The van der Waals surface area contributed by atoms with Crippen LogP contribution in [0.2, 0.25) is 0 Å². The highest BCUT2D eigenvalue weighted by Gasteiger charge is 2.17. The molecule has 1 aromatic heterocycles. The third kappa shape index (κ3) is 5.38. The molecule has 1 saturated heterocycles. The van der Waals surface area contributed by atoms with Crippen molar-refractivity contribution < 1.29 is 13.6 Å². The summed E-state index contributed by atoms with van der Waals surface area (Å²) < 4.78 is 25.4. The summed E-state index contributed by atoms with van der Waals surface area (Å²) in [5.74, 6) is -1.60. The largest absolute Gasteiger partial charge is 0.357 e. The maximum absolute atomic E-state index is 12.7. The molecule has 0 aliphatic carbocycles. The molecule has 0 radical (unpaired) electrons. The number of nitrogens with zero attached hydrogens (tertiary/aromatic N) is 3. The number of thioether (sulfide) groups is 1. The molecule has 1 aliphatic heterocycles. The first-order valence-corrected chi connectivity index (χ1v) is 9.82. The van der Waals surface area contributed by atoms with Gasteiger partial charge in [-0.05, 0) is 38.3 Å². The van der Waals surface area contributed by atoms with Crippen LogP contribution in [0, 0.1) is 6.92 Å². The second-order valence-electron chi connectivity index (χ2n) is 6.39. The fourth-order valence-electron chi connectivity index (χ4n) is 3.08. The average Bonchev–Trinajstić information content (AvgIpc) is 2.66. The van der Waals surface area contributed by atoms with Crippen molar-refractivity contribution in [2.75, 3.05) is 18.0 Å². The van der Waals surface area contributed by atoms with E-state index in [4.69, 9.17) is 0 Å². The fraction of sp³-hybridized carbons (Fsp3) is 0.421. The van der Waals surface area contributed by atoms with Crippen LogP contribution in [0.3, 0.4) is 0 Å². The van der Waals surface area contributed by atoms with Crippen LogP contribution in [0.1, 0.15) is 41.1 Å². The second kappa shape index (κ2) is 9.12. The summed E-state index contributed by atoms with van der Waals surface area (Å²) in [6.45, 7) is 3.99. The van der Waals surface area contributed by atoms with Gasteiger partial charge < -0.3 is 10.2 Å². The van der Waals surface area contributed by atoms with Crippen molar-refractivity contribution in [3.63, 3.8) is 0 Å². The lowest BCUT2D eigenvalue weighted by molar-refractivity contribution is 0.0947. The first kappa shape index (κ1) is 19.5. The van der Waals surface area contributed by atoms with Gasteiger partial charge in [-0.15, -0.1) is 0 Å². The predicted molar refractivity (Wildman–Crippen MR) is 102 cm³/mol. The summed E-state index contributed by atoms with van der Waals surface area (Å²) in [4.78, 5) is 23.9. The van der Waals surface area contributed by atoms with Crippen LogP contribution >= 0.6 is 11.8 Å². The van der Waals surface area contributed by atoms with E-state index in [2.05, 4.69) is 20.2 Å². The third-order valence-electron chi connectivity index (χ3n) is 4.32. The van der Waals surface area contributed by atoms with Gasteiger partial charge in [0.15, 0.2) is 0 Å². The lowest BCUT2D eigenvalue weighted by Gasteiger charge is -2.28. The zero-order valence-electron chi connectivity index (χ0n) is 15.1. The monoisotopic (exact) mass is 392 g/mol. The molecule has 144 valence electrons. The molecule has 0 unspecified atom stereocenters. The molecule has 1 aromatic carbocycles. The van der Waals surface area contributed by atoms with Crippen molar-refractivity contribution in [3.8, 4) is 0 Å². The number of halogens is 2. The molecule has 5 nitrogen and oxygen atoms in total. The Bertz CT molecular complexity index is 797. The van der Waals surface area contributed by atoms with Crippen molar-refractivity contribution in [2.24, 2.45) is 0 Å². The van der Waals surface area contributed by atoms with E-state index in [0.717, 1.165) is 37.4 Å². The Morgan fingerprint density at radius 2 is 1.96 bits per heavy atom. The average molecular weight is 392 g/mol. The molecule has 8 heteroatoms. The van der Waals surface area contributed by atoms with Crippen molar-refractivity contribution in [3.05, 3.63) is 47.4 Å². The molecule has 1 fully saturated rings. The number of rotatable bonds is 6. The summed E-state index contributed by atoms with van der Waals surface area (Å²) >= 11 is 0.367. The minimum absolute atomic E-state index is 0.148. The lowest BCUT2D eigenvalue weighted by atomic mass is 10.1. The highest BCUT2D eigenvalue weighted by Crippen LogP contribution is 2.28. The Morgan fingerprint density at radius 3 is 2.70 bits per heavy atom. The summed E-state index contributed by atoms with van der Waals surface area (Å²) in [7, 11) is 0. The van der Waals surface area contributed by atoms with E-state index in [0.29, 0.717) is 17.6 Å². The molecule has 27 heavy (non-hydrogen) atoms. The van der Waals surface area contributed by atoms with Gasteiger partial charge in [-0.1, -0.05) is 23.9 Å². The molecule has 2 heterocycles. The number of aryl methyl sites for hydroxylation is 1. The summed E-state index contributed by atoms with van der Waals surface area (Å²) in [5, 5.41) is 2.75. The van der Waals surface area contributed by atoms with Crippen LogP contribution in [0.4, 0.5) is 14.6 Å². The molecule has 0 bridgehead atoms. The van der Waals surface area contributed by atoms with Gasteiger partial charge in [-0.25, -0.2) is 9.97 Å². The smallest absolute Gasteiger partial charge is 0.288 e. The van der Waals surface area contributed by atoms with Gasteiger partial charge in [-0.2, -0.15) is 8.78 Å². The van der Waals surface area contributed by atoms with Crippen LogP contribution in [0.25, 0.3) is 0 Å². The van der Waals surface area contributed by atoms with Gasteiger partial charge in [0.2, 0.25) is 0 Å². The zero-order valence-corrected chi connectivity index (χ0v) is 15.9. The number of carbonyl (C=O) groups is 1. The minimum Gasteiger partial charge on any atom is -0.357 e. The number of nitrogens with one attached hydrogen (secondary N) is 1. The van der Waals surface area contributed by atoms with Gasteiger partial charge in [-0.3, -0.25) is 4.79 Å². The number of anilines is 1. The van der Waals surface area contributed by atoms with Gasteiger partial charge in [0, 0.05) is 29.7 Å². The van der Waals surface area contributed by atoms with Crippen LogP contribution in [0.15, 0.2) is 35.2 Å². The minimum atomic E-state index is -2.58. The van der Waals surface area contributed by atoms with Crippen LogP contribution in [-0.4, -0.2) is 34.7 Å². The Morgan fingerprint density at radius 1 is 1.22 bits per heavy atom. The maximum atomic E-state index is 12.7. The van der Waals surface area contributed by atoms with Crippen molar-refractivity contribution in [1.82, 2.24) is 15.3 Å². The van der Waals surface area contributed by atoms with Crippen LogP contribution < -0.4 is 10.2 Å². The quantitative estimate of drug-likeness (QED) is 0.753. The number of alkyl halides is 2. The van der Waals surface area contributed by atoms with Crippen LogP contribution in [0.5, 0.6) is 0 Å². The standard InChI is InChI=1S/C19H22F2N4OS/c1-13-11-17(25-9-5-2-6-10-25)24-16(23-13)12-22-18(26)14-7-3-4-8-15(14)27-19(20)21/h3-4,7-8,11,19H,2,5-6,9-10,12H2,1H3,(H,22,26). The molecule has 0 spiro atoms. The van der Waals surface area contributed by atoms with E-state index < -0.39 is 11.7 Å². The number of benzene rings is 1. The fourth-order valence-corrected chi connectivity index (χ4v) is 3.72. The van der Waals surface area contributed by atoms with Gasteiger partial charge in [0.1, 0.15) is 11.6 Å². The number of hydrogen-bond acceptors (Lipinski definition) is 5. The van der Waals surface area contributed by atoms with Crippen molar-refractivity contribution >= 4 is 23.5 Å². The molecule has 1 N–H and O–H groups in total. The Balaban J connectivity index is 1.69. The Hall–Kier alpha value is -2.22. The van der Waals surface area contributed by atoms with E-state index in [-0.39, 0.29) is 17.0 Å². The molecule has 0 saturated carbocycles. The van der Waals surface area contributed by atoms with Crippen molar-refractivity contribution in [2.45, 2.75) is 43.4 Å². The number of hydrogen-bond donors (Lipinski definition) is 1. The second-order valence-corrected chi connectivity index (χ2v) is 7.42. The molecule has 3 rings (SSSR count). The zero-order chi connectivity index (χ0) is 19.2. The maximum Gasteiger partial charge on any atom is 0.288 e. The molecular formula is C19H22F2N4OS. The first-order chi connectivity index (χ1) is 13.0. The van der Waals surface area contributed by atoms with Gasteiger partial charge >= 0.3 is 0 Å². The Kier molecular flexibility index (Phi) is 6.60. The Labute approximate surface area is 161 Å². The van der Waals surface area contributed by atoms with Gasteiger partial charge in [0.25, 0.3) is 11.7 Å². The number of piperidine rings is 1. The van der Waals surface area contributed by atoms with E-state index in [9.17, 15) is 13.6 Å². The van der Waals surface area contributed by atoms with E-state index >= 15 is 0 Å². The van der Waals surface area contributed by atoms with E-state index in [1.54, 1.807) is 12.1 Å².